The highest BCUT2D eigenvalue weighted by Crippen LogP contribution is 2.05. The zero-order valence-electron chi connectivity index (χ0n) is 12.3. The quantitative estimate of drug-likeness (QED) is 0.580. The number of aliphatic carboxylic acids is 1. The first-order valence-corrected chi connectivity index (χ1v) is 7.46. The SMILES string of the molecule is O=C(O)CCCNC(=O)NCCCCCc1ccccc1. The van der Waals surface area contributed by atoms with Gasteiger partial charge in [-0.05, 0) is 31.2 Å². The van der Waals surface area contributed by atoms with Crippen LogP contribution in [0.25, 0.3) is 0 Å². The number of aryl methyl sites for hydroxylation is 1. The van der Waals surface area contributed by atoms with E-state index in [2.05, 4.69) is 22.8 Å². The molecule has 3 N–H and O–H groups in total. The van der Waals surface area contributed by atoms with E-state index in [1.165, 1.54) is 5.56 Å². The molecule has 0 spiro atoms. The first-order chi connectivity index (χ1) is 10.2. The fourth-order valence-corrected chi connectivity index (χ4v) is 1.98. The van der Waals surface area contributed by atoms with E-state index >= 15 is 0 Å². The first-order valence-electron chi connectivity index (χ1n) is 7.46. The lowest BCUT2D eigenvalue weighted by Gasteiger charge is -2.07. The second-order valence-corrected chi connectivity index (χ2v) is 4.98. The summed E-state index contributed by atoms with van der Waals surface area (Å²) in [5.74, 6) is -0.837. The minimum atomic E-state index is -0.837. The number of carbonyl (C=O) groups excluding carboxylic acids is 1. The molecule has 0 radical (unpaired) electrons. The van der Waals surface area contributed by atoms with Crippen LogP contribution in [0.3, 0.4) is 0 Å². The molecule has 0 aliphatic rings. The number of rotatable bonds is 10. The van der Waals surface area contributed by atoms with Gasteiger partial charge in [0.1, 0.15) is 0 Å². The number of carboxylic acids is 1. The molecule has 0 unspecified atom stereocenters. The van der Waals surface area contributed by atoms with Crippen LogP contribution in [0.1, 0.15) is 37.7 Å². The molecule has 21 heavy (non-hydrogen) atoms. The van der Waals surface area contributed by atoms with Crippen LogP contribution in [0.4, 0.5) is 4.79 Å². The predicted octanol–water partition coefficient (Wildman–Crippen LogP) is 2.56. The van der Waals surface area contributed by atoms with Gasteiger partial charge in [-0.2, -0.15) is 0 Å². The van der Waals surface area contributed by atoms with Crippen LogP contribution in [-0.4, -0.2) is 30.2 Å². The Morgan fingerprint density at radius 1 is 0.905 bits per heavy atom. The van der Waals surface area contributed by atoms with E-state index in [4.69, 9.17) is 5.11 Å². The van der Waals surface area contributed by atoms with Crippen molar-refractivity contribution in [1.29, 1.82) is 0 Å². The number of benzene rings is 1. The Balaban J connectivity index is 1.91. The zero-order valence-corrected chi connectivity index (χ0v) is 12.3. The molecule has 1 aromatic carbocycles. The van der Waals surface area contributed by atoms with Crippen molar-refractivity contribution in [3.63, 3.8) is 0 Å². The molecular formula is C16H24N2O3. The molecule has 1 rings (SSSR count). The van der Waals surface area contributed by atoms with Crippen LogP contribution in [-0.2, 0) is 11.2 Å². The summed E-state index contributed by atoms with van der Waals surface area (Å²) in [6.07, 6.45) is 4.76. The van der Waals surface area contributed by atoms with Crippen LogP contribution in [0, 0.1) is 0 Å². The Bertz CT molecular complexity index is 421. The third-order valence-corrected chi connectivity index (χ3v) is 3.12. The fourth-order valence-electron chi connectivity index (χ4n) is 1.98. The van der Waals surface area contributed by atoms with Gasteiger partial charge < -0.3 is 15.7 Å². The minimum absolute atomic E-state index is 0.0831. The topological polar surface area (TPSA) is 78.4 Å². The van der Waals surface area contributed by atoms with Crippen molar-refractivity contribution in [2.24, 2.45) is 0 Å². The molecule has 116 valence electrons. The van der Waals surface area contributed by atoms with Gasteiger partial charge in [-0.3, -0.25) is 4.79 Å². The molecule has 5 nitrogen and oxygen atoms in total. The Hall–Kier alpha value is -2.04. The van der Waals surface area contributed by atoms with Crippen molar-refractivity contribution in [3.8, 4) is 0 Å². The van der Waals surface area contributed by atoms with E-state index in [-0.39, 0.29) is 12.5 Å². The van der Waals surface area contributed by atoms with Crippen molar-refractivity contribution in [1.82, 2.24) is 10.6 Å². The smallest absolute Gasteiger partial charge is 0.314 e. The minimum Gasteiger partial charge on any atom is -0.481 e. The summed E-state index contributed by atoms with van der Waals surface area (Å²) in [6.45, 7) is 1.05. The molecule has 0 aromatic heterocycles. The molecule has 1 aromatic rings. The molecule has 0 aliphatic carbocycles. The van der Waals surface area contributed by atoms with E-state index in [1.54, 1.807) is 0 Å². The Morgan fingerprint density at radius 3 is 2.24 bits per heavy atom. The van der Waals surface area contributed by atoms with Crippen molar-refractivity contribution in [3.05, 3.63) is 35.9 Å². The first kappa shape index (κ1) is 17.0. The van der Waals surface area contributed by atoms with Crippen molar-refractivity contribution < 1.29 is 14.7 Å². The largest absolute Gasteiger partial charge is 0.481 e. The van der Waals surface area contributed by atoms with Gasteiger partial charge in [0.2, 0.25) is 0 Å². The third-order valence-electron chi connectivity index (χ3n) is 3.12. The molecule has 2 amide bonds. The molecule has 5 heteroatoms. The summed E-state index contributed by atoms with van der Waals surface area (Å²) >= 11 is 0. The third kappa shape index (κ3) is 9.49. The number of nitrogens with one attached hydrogen (secondary N) is 2. The normalized spacial score (nSPS) is 10.1. The zero-order chi connectivity index (χ0) is 15.3. The van der Waals surface area contributed by atoms with Gasteiger partial charge >= 0.3 is 12.0 Å². The second kappa shape index (κ2) is 10.7. The molecule has 0 aliphatic heterocycles. The fraction of sp³-hybridized carbons (Fsp3) is 0.500. The number of hydrogen-bond acceptors (Lipinski definition) is 2. The van der Waals surface area contributed by atoms with E-state index < -0.39 is 5.97 Å². The van der Waals surface area contributed by atoms with Crippen LogP contribution < -0.4 is 10.6 Å². The molecular weight excluding hydrogens is 268 g/mol. The molecule has 0 heterocycles. The number of amides is 2. The Morgan fingerprint density at radius 2 is 1.57 bits per heavy atom. The monoisotopic (exact) mass is 292 g/mol. The van der Waals surface area contributed by atoms with E-state index in [9.17, 15) is 9.59 Å². The molecule has 0 saturated heterocycles. The van der Waals surface area contributed by atoms with Crippen LogP contribution in [0.15, 0.2) is 30.3 Å². The van der Waals surface area contributed by atoms with Crippen LogP contribution >= 0.6 is 0 Å². The maximum absolute atomic E-state index is 11.4. The summed E-state index contributed by atoms with van der Waals surface area (Å²) in [4.78, 5) is 21.7. The van der Waals surface area contributed by atoms with Gasteiger partial charge in [-0.1, -0.05) is 36.8 Å². The summed E-state index contributed by atoms with van der Waals surface area (Å²) in [5.41, 5.74) is 1.35. The Kier molecular flexibility index (Phi) is 8.68. The average Bonchev–Trinajstić information content (AvgIpc) is 2.48. The average molecular weight is 292 g/mol. The van der Waals surface area contributed by atoms with Gasteiger partial charge in [0, 0.05) is 19.5 Å². The number of carbonyl (C=O) groups is 2. The number of hydrogen-bond donors (Lipinski definition) is 3. The number of carboxylic acid groups (broad SMARTS) is 1. The standard InChI is InChI=1S/C16H24N2O3/c19-15(20)11-7-13-18-16(21)17-12-6-2-5-10-14-8-3-1-4-9-14/h1,3-4,8-9H,2,5-7,10-13H2,(H,19,20)(H2,17,18,21). The highest BCUT2D eigenvalue weighted by Gasteiger charge is 2.00. The van der Waals surface area contributed by atoms with Gasteiger partial charge in [-0.15, -0.1) is 0 Å². The molecule has 0 saturated carbocycles. The predicted molar refractivity (Wildman–Crippen MR) is 82.3 cm³/mol. The van der Waals surface area contributed by atoms with Crippen LogP contribution in [0.2, 0.25) is 0 Å². The van der Waals surface area contributed by atoms with Crippen molar-refractivity contribution >= 4 is 12.0 Å². The van der Waals surface area contributed by atoms with Crippen molar-refractivity contribution in [2.45, 2.75) is 38.5 Å². The van der Waals surface area contributed by atoms with E-state index in [1.807, 2.05) is 18.2 Å². The lowest BCUT2D eigenvalue weighted by atomic mass is 10.1. The Labute approximate surface area is 125 Å². The molecule has 0 fully saturated rings. The maximum atomic E-state index is 11.4. The van der Waals surface area contributed by atoms with E-state index in [0.29, 0.717) is 19.5 Å². The van der Waals surface area contributed by atoms with Gasteiger partial charge in [0.15, 0.2) is 0 Å². The second-order valence-electron chi connectivity index (χ2n) is 4.98. The highest BCUT2D eigenvalue weighted by atomic mass is 16.4. The van der Waals surface area contributed by atoms with Gasteiger partial charge in [0.05, 0.1) is 0 Å². The lowest BCUT2D eigenvalue weighted by Crippen LogP contribution is -2.36. The summed E-state index contributed by atoms with van der Waals surface area (Å²) < 4.78 is 0. The maximum Gasteiger partial charge on any atom is 0.314 e. The van der Waals surface area contributed by atoms with Gasteiger partial charge in [0.25, 0.3) is 0 Å². The van der Waals surface area contributed by atoms with E-state index in [0.717, 1.165) is 25.7 Å². The van der Waals surface area contributed by atoms with Crippen LogP contribution in [0.5, 0.6) is 0 Å². The molecule has 0 atom stereocenters. The number of urea groups is 1. The summed E-state index contributed by atoms with van der Waals surface area (Å²) in [6, 6.07) is 10.1. The summed E-state index contributed by atoms with van der Waals surface area (Å²) in [5, 5.41) is 13.9. The lowest BCUT2D eigenvalue weighted by molar-refractivity contribution is -0.137. The van der Waals surface area contributed by atoms with Gasteiger partial charge in [-0.25, -0.2) is 4.79 Å². The van der Waals surface area contributed by atoms with Crippen molar-refractivity contribution in [2.75, 3.05) is 13.1 Å². The number of unbranched alkanes of at least 4 members (excludes halogenated alkanes) is 2. The summed E-state index contributed by atoms with van der Waals surface area (Å²) in [7, 11) is 0. The highest BCUT2D eigenvalue weighted by molar-refractivity contribution is 5.73. The molecule has 0 bridgehead atoms.